The SMILES string of the molecule is C[S@@+]([O-])N[C@@](C)(C/S(=N\CCOC1CCCCO1)C(C)(C)C#N)c1cc(Br)ccc1F. The molecule has 1 aromatic rings. The average Bonchev–Trinajstić information content (AvgIpc) is 2.72. The molecule has 2 rings (SSSR count). The Balaban J connectivity index is 2.26. The maximum atomic E-state index is 14.8. The zero-order valence-corrected chi connectivity index (χ0v) is 21.7. The molecule has 0 bridgehead atoms. The van der Waals surface area contributed by atoms with E-state index in [1.807, 2.05) is 13.8 Å². The molecule has 31 heavy (non-hydrogen) atoms. The lowest BCUT2D eigenvalue weighted by Gasteiger charge is -2.34. The fourth-order valence-electron chi connectivity index (χ4n) is 3.29. The van der Waals surface area contributed by atoms with Crippen molar-refractivity contribution in [3.8, 4) is 6.07 Å². The van der Waals surface area contributed by atoms with E-state index < -0.39 is 38.2 Å². The summed E-state index contributed by atoms with van der Waals surface area (Å²) >= 11 is 1.99. The summed E-state index contributed by atoms with van der Waals surface area (Å²) in [4.78, 5) is 0. The van der Waals surface area contributed by atoms with Gasteiger partial charge in [-0.25, -0.2) is 4.39 Å². The summed E-state index contributed by atoms with van der Waals surface area (Å²) in [5, 5.41) is 9.76. The van der Waals surface area contributed by atoms with Crippen molar-refractivity contribution in [3.05, 3.63) is 34.1 Å². The standard InChI is InChI=1S/C21H31BrFN3O3S2/c1-20(2,14-24)31(25-10-12-29-19-7-5-6-11-28-19)15-21(3,26-30(4)27)17-13-16(22)8-9-18(17)23/h8-9,13,19,26H,5-7,10-12,15H2,1-4H3/t19?,21-,30+,31?/m0/s1. The highest BCUT2D eigenvalue weighted by Gasteiger charge is 2.38. The van der Waals surface area contributed by atoms with Gasteiger partial charge in [0, 0.05) is 33.8 Å². The third-order valence-corrected chi connectivity index (χ3v) is 8.80. The van der Waals surface area contributed by atoms with Crippen LogP contribution in [-0.4, -0.2) is 47.4 Å². The molecule has 0 aliphatic carbocycles. The fraction of sp³-hybridized carbons (Fsp3) is 0.667. The molecule has 1 aliphatic heterocycles. The van der Waals surface area contributed by atoms with Gasteiger partial charge in [-0.1, -0.05) is 26.6 Å². The second kappa shape index (κ2) is 12.1. The fourth-order valence-corrected chi connectivity index (χ4v) is 6.51. The van der Waals surface area contributed by atoms with Crippen LogP contribution in [-0.2, 0) is 37.1 Å². The molecule has 0 spiro atoms. The van der Waals surface area contributed by atoms with Crippen molar-refractivity contribution < 1.29 is 18.4 Å². The summed E-state index contributed by atoms with van der Waals surface area (Å²) in [7, 11) is -0.778. The van der Waals surface area contributed by atoms with Crippen molar-refractivity contribution in [2.75, 3.05) is 31.8 Å². The molecule has 1 fully saturated rings. The van der Waals surface area contributed by atoms with Gasteiger partial charge in [0.1, 0.15) is 16.8 Å². The molecular formula is C21H31BrFN3O3S2. The topological polar surface area (TPSA) is 89.7 Å². The van der Waals surface area contributed by atoms with Gasteiger partial charge in [0.05, 0.1) is 24.8 Å². The normalized spacial score (nSPS) is 21.3. The van der Waals surface area contributed by atoms with Gasteiger partial charge in [-0.3, -0.25) is 4.36 Å². The Morgan fingerprint density at radius 1 is 1.45 bits per heavy atom. The van der Waals surface area contributed by atoms with Crippen molar-refractivity contribution in [1.29, 1.82) is 5.26 Å². The highest BCUT2D eigenvalue weighted by atomic mass is 79.9. The largest absolute Gasteiger partial charge is 0.598 e. The molecule has 0 aromatic heterocycles. The lowest BCUT2D eigenvalue weighted by molar-refractivity contribution is -0.160. The number of rotatable bonds is 10. The van der Waals surface area contributed by atoms with Gasteiger partial charge in [-0.05, 0) is 58.2 Å². The van der Waals surface area contributed by atoms with Gasteiger partial charge in [0.25, 0.3) is 0 Å². The zero-order chi connectivity index (χ0) is 23.1. The van der Waals surface area contributed by atoms with Crippen molar-refractivity contribution >= 4 is 38.0 Å². The molecule has 0 radical (unpaired) electrons. The van der Waals surface area contributed by atoms with E-state index in [2.05, 4.69) is 26.7 Å². The lowest BCUT2D eigenvalue weighted by Crippen LogP contribution is -2.49. The van der Waals surface area contributed by atoms with Crippen molar-refractivity contribution in [1.82, 2.24) is 4.72 Å². The third kappa shape index (κ3) is 8.07. The number of benzene rings is 1. The Kier molecular flexibility index (Phi) is 10.4. The number of halogens is 2. The van der Waals surface area contributed by atoms with Crippen LogP contribution in [0.2, 0.25) is 0 Å². The maximum Gasteiger partial charge on any atom is 0.157 e. The van der Waals surface area contributed by atoms with Crippen LogP contribution in [0.4, 0.5) is 4.39 Å². The Bertz CT molecular complexity index is 814. The van der Waals surface area contributed by atoms with Crippen LogP contribution in [0.1, 0.15) is 45.6 Å². The van der Waals surface area contributed by atoms with Crippen LogP contribution in [0.15, 0.2) is 27.0 Å². The first-order valence-electron chi connectivity index (χ1n) is 10.2. The molecule has 6 nitrogen and oxygen atoms in total. The number of hydrogen-bond acceptors (Lipinski definition) is 6. The molecule has 1 N–H and O–H groups in total. The van der Waals surface area contributed by atoms with E-state index in [0.29, 0.717) is 31.1 Å². The summed E-state index contributed by atoms with van der Waals surface area (Å²) < 4.78 is 45.9. The molecule has 10 heteroatoms. The quantitative estimate of drug-likeness (QED) is 0.355. The molecule has 1 saturated heterocycles. The highest BCUT2D eigenvalue weighted by Crippen LogP contribution is 2.31. The van der Waals surface area contributed by atoms with Crippen LogP contribution < -0.4 is 4.72 Å². The van der Waals surface area contributed by atoms with Crippen LogP contribution >= 0.6 is 15.9 Å². The predicted octanol–water partition coefficient (Wildman–Crippen LogP) is 4.33. The summed E-state index contributed by atoms with van der Waals surface area (Å²) in [6.45, 7) is 6.96. The lowest BCUT2D eigenvalue weighted by atomic mass is 9.95. The monoisotopic (exact) mass is 535 g/mol. The minimum atomic E-state index is -1.40. The van der Waals surface area contributed by atoms with Gasteiger partial charge in [-0.2, -0.15) is 5.26 Å². The Morgan fingerprint density at radius 3 is 2.81 bits per heavy atom. The molecule has 0 amide bonds. The summed E-state index contributed by atoms with van der Waals surface area (Å²) in [5.41, 5.74) is -0.605. The van der Waals surface area contributed by atoms with Gasteiger partial charge in [-0.15, -0.1) is 4.72 Å². The predicted molar refractivity (Wildman–Crippen MR) is 127 cm³/mol. The zero-order valence-electron chi connectivity index (χ0n) is 18.5. The van der Waals surface area contributed by atoms with E-state index in [0.717, 1.165) is 23.7 Å². The van der Waals surface area contributed by atoms with Gasteiger partial charge in [0.2, 0.25) is 0 Å². The van der Waals surface area contributed by atoms with Crippen LogP contribution in [0, 0.1) is 17.1 Å². The second-order valence-electron chi connectivity index (χ2n) is 8.16. The number of nitriles is 1. The van der Waals surface area contributed by atoms with Crippen molar-refractivity contribution in [3.63, 3.8) is 0 Å². The van der Waals surface area contributed by atoms with Crippen molar-refractivity contribution in [2.24, 2.45) is 4.36 Å². The Morgan fingerprint density at radius 2 is 2.19 bits per heavy atom. The molecule has 174 valence electrons. The highest BCUT2D eigenvalue weighted by molar-refractivity contribution is 9.10. The Hall–Kier alpha value is -0.540. The van der Waals surface area contributed by atoms with Crippen LogP contribution in [0.5, 0.6) is 0 Å². The van der Waals surface area contributed by atoms with E-state index in [9.17, 15) is 14.2 Å². The van der Waals surface area contributed by atoms with E-state index in [1.54, 1.807) is 19.1 Å². The van der Waals surface area contributed by atoms with E-state index in [1.165, 1.54) is 12.3 Å². The first-order chi connectivity index (χ1) is 14.6. The number of nitrogens with zero attached hydrogens (tertiary/aromatic N) is 2. The van der Waals surface area contributed by atoms with Gasteiger partial charge >= 0.3 is 0 Å². The summed E-state index contributed by atoms with van der Waals surface area (Å²) in [5.74, 6) is -0.0831. The van der Waals surface area contributed by atoms with E-state index in [-0.39, 0.29) is 6.29 Å². The maximum absolute atomic E-state index is 14.8. The third-order valence-electron chi connectivity index (χ3n) is 4.96. The molecule has 1 aliphatic rings. The van der Waals surface area contributed by atoms with Crippen LogP contribution in [0.3, 0.4) is 0 Å². The Labute approximate surface area is 198 Å². The number of ether oxygens (including phenoxy) is 2. The molecule has 1 aromatic carbocycles. The minimum absolute atomic E-state index is 0.195. The smallest absolute Gasteiger partial charge is 0.157 e. The molecular weight excluding hydrogens is 505 g/mol. The van der Waals surface area contributed by atoms with Crippen LogP contribution in [0.25, 0.3) is 0 Å². The molecule has 0 saturated carbocycles. The van der Waals surface area contributed by atoms with Gasteiger partial charge < -0.3 is 14.0 Å². The minimum Gasteiger partial charge on any atom is -0.598 e. The number of hydrogen-bond donors (Lipinski definition) is 1. The average molecular weight is 537 g/mol. The second-order valence-corrected chi connectivity index (χ2v) is 12.5. The number of nitrogens with one attached hydrogen (secondary N) is 1. The van der Waals surface area contributed by atoms with E-state index in [4.69, 9.17) is 13.8 Å². The molecule has 1 heterocycles. The first kappa shape index (κ1) is 26.7. The van der Waals surface area contributed by atoms with Gasteiger partial charge in [0.15, 0.2) is 6.29 Å². The summed E-state index contributed by atoms with van der Waals surface area (Å²) in [6, 6.07) is 7.01. The van der Waals surface area contributed by atoms with Crippen molar-refractivity contribution in [2.45, 2.75) is 56.6 Å². The molecule has 2 unspecified atom stereocenters. The first-order valence-corrected chi connectivity index (χ1v) is 13.9. The molecule has 4 atom stereocenters. The van der Waals surface area contributed by atoms with E-state index >= 15 is 0 Å². The summed E-state index contributed by atoms with van der Waals surface area (Å²) in [6.07, 6.45) is 4.34.